The Morgan fingerprint density at radius 1 is 1.33 bits per heavy atom. The van der Waals surface area contributed by atoms with Crippen LogP contribution in [-0.2, 0) is 5.92 Å². The molecule has 21 heavy (non-hydrogen) atoms. The molecule has 0 radical (unpaired) electrons. The molecule has 2 rings (SSSR count). The van der Waals surface area contributed by atoms with E-state index in [1.54, 1.807) is 6.92 Å². The first-order valence-corrected chi connectivity index (χ1v) is 7.10. The molecule has 1 aliphatic heterocycles. The Hall–Kier alpha value is -1.54. The van der Waals surface area contributed by atoms with Crippen molar-refractivity contribution >= 4 is 0 Å². The molecule has 1 atom stereocenters. The van der Waals surface area contributed by atoms with E-state index in [1.807, 2.05) is 0 Å². The third-order valence-corrected chi connectivity index (χ3v) is 4.52. The fourth-order valence-electron chi connectivity index (χ4n) is 2.96. The van der Waals surface area contributed by atoms with Crippen molar-refractivity contribution < 1.29 is 13.2 Å². The summed E-state index contributed by atoms with van der Waals surface area (Å²) < 4.78 is 40.7. The second-order valence-electron chi connectivity index (χ2n) is 5.86. The van der Waals surface area contributed by atoms with E-state index in [0.29, 0.717) is 31.5 Å². The van der Waals surface area contributed by atoms with Gasteiger partial charge < -0.3 is 5.32 Å². The van der Waals surface area contributed by atoms with Gasteiger partial charge in [-0.3, -0.25) is 0 Å². The predicted octanol–water partition coefficient (Wildman–Crippen LogP) is 3.93. The predicted molar refractivity (Wildman–Crippen MR) is 74.5 cm³/mol. The summed E-state index contributed by atoms with van der Waals surface area (Å²) >= 11 is 0. The van der Waals surface area contributed by atoms with Gasteiger partial charge in [0.1, 0.15) is 5.82 Å². The lowest BCUT2D eigenvalue weighted by Gasteiger charge is -2.37. The van der Waals surface area contributed by atoms with Crippen molar-refractivity contribution in [3.63, 3.8) is 0 Å². The number of nitriles is 1. The average molecular weight is 296 g/mol. The lowest BCUT2D eigenvalue weighted by atomic mass is 9.68. The van der Waals surface area contributed by atoms with Gasteiger partial charge in [-0.15, -0.1) is 0 Å². The summed E-state index contributed by atoms with van der Waals surface area (Å²) in [6, 6.07) is 5.87. The summed E-state index contributed by atoms with van der Waals surface area (Å²) in [7, 11) is 0. The van der Waals surface area contributed by atoms with Crippen LogP contribution in [0.3, 0.4) is 0 Å². The first-order chi connectivity index (χ1) is 9.80. The van der Waals surface area contributed by atoms with Gasteiger partial charge >= 0.3 is 0 Å². The third kappa shape index (κ3) is 3.06. The molecular weight excluding hydrogens is 277 g/mol. The summed E-state index contributed by atoms with van der Waals surface area (Å²) in [6.45, 7) is 3.97. The number of hydrogen-bond donors (Lipinski definition) is 1. The first-order valence-electron chi connectivity index (χ1n) is 7.10. The Labute approximate surface area is 123 Å². The van der Waals surface area contributed by atoms with Crippen molar-refractivity contribution in [1.29, 1.82) is 5.26 Å². The highest BCUT2D eigenvalue weighted by atomic mass is 19.3. The monoisotopic (exact) mass is 296 g/mol. The van der Waals surface area contributed by atoms with Gasteiger partial charge in [-0.05, 0) is 37.6 Å². The van der Waals surface area contributed by atoms with Gasteiger partial charge in [0.2, 0.25) is 0 Å². The van der Waals surface area contributed by atoms with Gasteiger partial charge in [0.15, 0.2) is 0 Å². The zero-order valence-electron chi connectivity index (χ0n) is 12.2. The van der Waals surface area contributed by atoms with Crippen LogP contribution in [-0.4, -0.2) is 13.1 Å². The fraction of sp³-hybridized carbons (Fsp3) is 0.562. The number of rotatable bonds is 3. The number of halogens is 3. The Morgan fingerprint density at radius 3 is 2.43 bits per heavy atom. The minimum absolute atomic E-state index is 0.330. The molecule has 0 saturated carbocycles. The minimum Gasteiger partial charge on any atom is -0.317 e. The lowest BCUT2D eigenvalue weighted by Crippen LogP contribution is -2.39. The maximum atomic E-state index is 14.2. The molecule has 0 unspecified atom stereocenters. The highest BCUT2D eigenvalue weighted by Gasteiger charge is 2.39. The Balaban J connectivity index is 2.35. The van der Waals surface area contributed by atoms with E-state index in [0.717, 1.165) is 13.0 Å². The molecule has 0 aliphatic carbocycles. The van der Waals surface area contributed by atoms with Crippen molar-refractivity contribution in [2.24, 2.45) is 5.41 Å². The molecule has 1 fully saturated rings. The zero-order chi connectivity index (χ0) is 15.7. The number of piperidine rings is 1. The van der Waals surface area contributed by atoms with Crippen LogP contribution in [0, 0.1) is 22.6 Å². The number of nitrogens with one attached hydrogen (secondary N) is 1. The summed E-state index contributed by atoms with van der Waals surface area (Å²) in [5.74, 6) is -4.05. The lowest BCUT2D eigenvalue weighted by molar-refractivity contribution is 0.0171. The average Bonchev–Trinajstić information content (AvgIpc) is 2.46. The molecule has 1 heterocycles. The standard InChI is InChI=1S/C16H19F3N2/c1-11(16(10-20)5-7-21-8-6-16)13-4-3-12(9-14(13)17)15(2,18)19/h3-4,9,11,21H,5-8H2,1-2H3/t11-/m1/s1. The fourth-order valence-corrected chi connectivity index (χ4v) is 2.96. The molecule has 2 nitrogen and oxygen atoms in total. The highest BCUT2D eigenvalue weighted by Crippen LogP contribution is 2.43. The Kier molecular flexibility index (Phi) is 4.29. The van der Waals surface area contributed by atoms with Crippen molar-refractivity contribution in [3.05, 3.63) is 35.1 Å². The van der Waals surface area contributed by atoms with E-state index in [2.05, 4.69) is 11.4 Å². The third-order valence-electron chi connectivity index (χ3n) is 4.52. The number of hydrogen-bond acceptors (Lipinski definition) is 2. The van der Waals surface area contributed by atoms with Gasteiger partial charge in [0, 0.05) is 18.4 Å². The normalized spacial score (nSPS) is 19.8. The zero-order valence-corrected chi connectivity index (χ0v) is 12.2. The quantitative estimate of drug-likeness (QED) is 0.917. The van der Waals surface area contributed by atoms with E-state index in [9.17, 15) is 18.4 Å². The second-order valence-corrected chi connectivity index (χ2v) is 5.86. The number of nitrogens with zero attached hydrogens (tertiary/aromatic N) is 1. The van der Waals surface area contributed by atoms with Crippen molar-refractivity contribution in [1.82, 2.24) is 5.32 Å². The van der Waals surface area contributed by atoms with Crippen LogP contribution in [0.1, 0.15) is 43.7 Å². The van der Waals surface area contributed by atoms with Gasteiger partial charge in [0.25, 0.3) is 5.92 Å². The maximum absolute atomic E-state index is 14.2. The van der Waals surface area contributed by atoms with Crippen LogP contribution in [0.4, 0.5) is 13.2 Å². The van der Waals surface area contributed by atoms with Gasteiger partial charge in [-0.1, -0.05) is 19.1 Å². The SMILES string of the molecule is C[C@H](c1ccc(C(C)(F)F)cc1F)C1(C#N)CCNCC1. The van der Waals surface area contributed by atoms with Crippen LogP contribution in [0.5, 0.6) is 0 Å². The van der Waals surface area contributed by atoms with Crippen molar-refractivity contribution in [3.8, 4) is 6.07 Å². The van der Waals surface area contributed by atoms with E-state index in [4.69, 9.17) is 0 Å². The first kappa shape index (κ1) is 15.8. The molecule has 1 saturated heterocycles. The molecule has 5 heteroatoms. The molecule has 0 spiro atoms. The van der Waals surface area contributed by atoms with Crippen LogP contribution >= 0.6 is 0 Å². The van der Waals surface area contributed by atoms with Gasteiger partial charge in [-0.25, -0.2) is 13.2 Å². The molecule has 0 bridgehead atoms. The smallest absolute Gasteiger partial charge is 0.270 e. The second kappa shape index (κ2) is 5.69. The molecule has 0 aromatic heterocycles. The molecule has 114 valence electrons. The summed E-state index contributed by atoms with van der Waals surface area (Å²) in [4.78, 5) is 0. The maximum Gasteiger partial charge on any atom is 0.270 e. The van der Waals surface area contributed by atoms with Gasteiger partial charge in [-0.2, -0.15) is 5.26 Å². The van der Waals surface area contributed by atoms with E-state index < -0.39 is 17.2 Å². The molecule has 1 aromatic rings. The van der Waals surface area contributed by atoms with Crippen LogP contribution in [0.2, 0.25) is 0 Å². The summed E-state index contributed by atoms with van der Waals surface area (Å²) in [6.07, 6.45) is 1.27. The van der Waals surface area contributed by atoms with Crippen LogP contribution in [0.15, 0.2) is 18.2 Å². The molecule has 0 amide bonds. The Morgan fingerprint density at radius 2 is 1.95 bits per heavy atom. The van der Waals surface area contributed by atoms with E-state index >= 15 is 0 Å². The van der Waals surface area contributed by atoms with Crippen LogP contribution < -0.4 is 5.32 Å². The van der Waals surface area contributed by atoms with Crippen molar-refractivity contribution in [2.75, 3.05) is 13.1 Å². The number of benzene rings is 1. The summed E-state index contributed by atoms with van der Waals surface area (Å²) in [5.41, 5.74) is -0.638. The number of alkyl halides is 2. The minimum atomic E-state index is -3.07. The van der Waals surface area contributed by atoms with E-state index in [-0.39, 0.29) is 11.5 Å². The van der Waals surface area contributed by atoms with Crippen LogP contribution in [0.25, 0.3) is 0 Å². The van der Waals surface area contributed by atoms with Gasteiger partial charge in [0.05, 0.1) is 11.5 Å². The summed E-state index contributed by atoms with van der Waals surface area (Å²) in [5, 5.41) is 12.7. The topological polar surface area (TPSA) is 35.8 Å². The Bertz CT molecular complexity index is 552. The highest BCUT2D eigenvalue weighted by molar-refractivity contribution is 5.32. The molecule has 1 aromatic carbocycles. The molecule has 1 N–H and O–H groups in total. The van der Waals surface area contributed by atoms with E-state index in [1.165, 1.54) is 12.1 Å². The molecule has 1 aliphatic rings. The molecular formula is C16H19F3N2. The largest absolute Gasteiger partial charge is 0.317 e. The van der Waals surface area contributed by atoms with Crippen molar-refractivity contribution in [2.45, 2.75) is 38.5 Å².